The Hall–Kier alpha value is -1.35. The van der Waals surface area contributed by atoms with Gasteiger partial charge in [-0.25, -0.2) is 4.67 Å². The molecule has 3 rings (SSSR count). The Labute approximate surface area is 164 Å². The third kappa shape index (κ3) is 4.88. The van der Waals surface area contributed by atoms with E-state index in [2.05, 4.69) is 0 Å². The van der Waals surface area contributed by atoms with Crippen LogP contribution in [-0.2, 0) is 9.30 Å². The van der Waals surface area contributed by atoms with Gasteiger partial charge < -0.3 is 4.74 Å². The van der Waals surface area contributed by atoms with Crippen molar-refractivity contribution in [2.24, 2.45) is 0 Å². The van der Waals surface area contributed by atoms with Gasteiger partial charge in [0.25, 0.3) is 0 Å². The Bertz CT molecular complexity index is 772. The molecule has 1 aliphatic heterocycles. The van der Waals surface area contributed by atoms with Gasteiger partial charge >= 0.3 is 0 Å². The number of morpholine rings is 1. The summed E-state index contributed by atoms with van der Waals surface area (Å²) >= 11 is 13.0. The predicted molar refractivity (Wildman–Crippen MR) is 111 cm³/mol. The molecule has 0 saturated carbocycles. The highest BCUT2D eigenvalue weighted by Crippen LogP contribution is 2.57. The third-order valence-electron chi connectivity index (χ3n) is 4.13. The molecule has 2 aromatic rings. The number of halogens is 2. The number of benzene rings is 2. The Kier molecular flexibility index (Phi) is 6.74. The van der Waals surface area contributed by atoms with E-state index >= 15 is 0 Å². The van der Waals surface area contributed by atoms with Gasteiger partial charge in [-0.3, -0.25) is 4.57 Å². The maximum Gasteiger partial charge on any atom is 0.196 e. The second kappa shape index (κ2) is 9.03. The van der Waals surface area contributed by atoms with E-state index < -0.39 is 7.29 Å². The van der Waals surface area contributed by atoms with Crippen molar-refractivity contribution in [2.45, 2.75) is 0 Å². The van der Waals surface area contributed by atoms with Crippen molar-refractivity contribution in [3.05, 3.63) is 83.4 Å². The van der Waals surface area contributed by atoms with Crippen molar-refractivity contribution in [1.29, 1.82) is 0 Å². The van der Waals surface area contributed by atoms with Crippen molar-refractivity contribution in [3.63, 3.8) is 0 Å². The molecule has 6 heteroatoms. The summed E-state index contributed by atoms with van der Waals surface area (Å²) in [6, 6.07) is 19.0. The average molecular weight is 408 g/mol. The first-order chi connectivity index (χ1) is 12.6. The summed E-state index contributed by atoms with van der Waals surface area (Å²) in [6.07, 6.45) is 0. The molecule has 0 N–H and O–H groups in total. The van der Waals surface area contributed by atoms with E-state index in [0.717, 1.165) is 11.1 Å². The Morgan fingerprint density at radius 1 is 0.846 bits per heavy atom. The minimum Gasteiger partial charge on any atom is -0.379 e. The molecule has 26 heavy (non-hydrogen) atoms. The molecule has 0 spiro atoms. The van der Waals surface area contributed by atoms with Gasteiger partial charge in [-0.15, -0.1) is 0 Å². The van der Waals surface area contributed by atoms with Gasteiger partial charge in [-0.05, 0) is 11.1 Å². The van der Waals surface area contributed by atoms with Crippen LogP contribution in [0.3, 0.4) is 0 Å². The van der Waals surface area contributed by atoms with Crippen molar-refractivity contribution < 1.29 is 9.30 Å². The van der Waals surface area contributed by atoms with Gasteiger partial charge in [0.15, 0.2) is 7.29 Å². The van der Waals surface area contributed by atoms with Crippen LogP contribution in [0, 0.1) is 0 Å². The number of hydrogen-bond acceptors (Lipinski definition) is 2. The monoisotopic (exact) mass is 407 g/mol. The molecule has 0 amide bonds. The molecule has 0 aromatic heterocycles. The van der Waals surface area contributed by atoms with Gasteiger partial charge in [0.05, 0.1) is 23.3 Å². The maximum atomic E-state index is 13.9. The minimum atomic E-state index is -3.07. The minimum absolute atomic E-state index is 0.453. The molecule has 3 nitrogen and oxygen atoms in total. The van der Waals surface area contributed by atoms with Crippen LogP contribution in [-0.4, -0.2) is 31.0 Å². The molecule has 1 heterocycles. The zero-order chi connectivity index (χ0) is 18.4. The number of hydrogen-bond donors (Lipinski definition) is 0. The molecule has 136 valence electrons. The van der Waals surface area contributed by atoms with Crippen LogP contribution in [0.25, 0.3) is 10.1 Å². The molecular formula is C20H20Cl2NO2P. The van der Waals surface area contributed by atoms with E-state index in [9.17, 15) is 4.57 Å². The molecule has 0 radical (unpaired) electrons. The Morgan fingerprint density at radius 3 is 1.69 bits per heavy atom. The summed E-state index contributed by atoms with van der Waals surface area (Å²) in [5, 5.41) is 0.906. The van der Waals surface area contributed by atoms with E-state index in [1.54, 1.807) is 11.6 Å². The van der Waals surface area contributed by atoms with E-state index in [4.69, 9.17) is 27.9 Å². The van der Waals surface area contributed by atoms with Crippen molar-refractivity contribution in [3.8, 4) is 0 Å². The number of ether oxygens (including phenoxy) is 1. The summed E-state index contributed by atoms with van der Waals surface area (Å²) in [5.41, 5.74) is 1.65. The van der Waals surface area contributed by atoms with Crippen LogP contribution in [0.5, 0.6) is 0 Å². The topological polar surface area (TPSA) is 29.5 Å². The summed E-state index contributed by atoms with van der Waals surface area (Å²) in [7, 11) is -3.07. The largest absolute Gasteiger partial charge is 0.379 e. The van der Waals surface area contributed by atoms with Gasteiger partial charge in [-0.1, -0.05) is 83.9 Å². The maximum absolute atomic E-state index is 13.9. The molecule has 2 aromatic carbocycles. The fourth-order valence-corrected chi connectivity index (χ4v) is 5.96. The van der Waals surface area contributed by atoms with Crippen LogP contribution >= 0.6 is 30.5 Å². The van der Waals surface area contributed by atoms with E-state index in [1.165, 1.54) is 0 Å². The standard InChI is InChI=1S/C20H20Cl2NO2P/c21-19(17-7-3-1-4-8-17)15-26(24,23-11-13-25-14-12-23)16-20(22)18-9-5-2-6-10-18/h1-10,15-16H,11-14H2/b19-15+,20-16?. The molecule has 1 unspecified atom stereocenters. The first-order valence-electron chi connectivity index (χ1n) is 8.39. The molecule has 1 fully saturated rings. The first kappa shape index (κ1) is 19.4. The zero-order valence-corrected chi connectivity index (χ0v) is 16.6. The third-order valence-corrected chi connectivity index (χ3v) is 7.62. The normalized spacial score (nSPS) is 19.2. The molecule has 1 saturated heterocycles. The lowest BCUT2D eigenvalue weighted by Crippen LogP contribution is -2.33. The second-order valence-corrected chi connectivity index (χ2v) is 9.17. The van der Waals surface area contributed by atoms with Gasteiger partial charge in [-0.2, -0.15) is 0 Å². The van der Waals surface area contributed by atoms with Gasteiger partial charge in [0.2, 0.25) is 0 Å². The summed E-state index contributed by atoms with van der Waals surface area (Å²) in [4.78, 5) is 0. The molecule has 0 bridgehead atoms. The van der Waals surface area contributed by atoms with Crippen molar-refractivity contribution in [1.82, 2.24) is 4.67 Å². The lowest BCUT2D eigenvalue weighted by molar-refractivity contribution is 0.0731. The highest BCUT2D eigenvalue weighted by molar-refractivity contribution is 7.68. The fraction of sp³-hybridized carbons (Fsp3) is 0.200. The summed E-state index contributed by atoms with van der Waals surface area (Å²) in [5.74, 6) is 3.28. The highest BCUT2D eigenvalue weighted by atomic mass is 35.5. The summed E-state index contributed by atoms with van der Waals surface area (Å²) in [6.45, 7) is 2.22. The lowest BCUT2D eigenvalue weighted by Gasteiger charge is -2.31. The SMILES string of the molecule is O=P(C=C(Cl)c1ccccc1)(/C=C(/Cl)c1ccccc1)N1CCOCC1. The second-order valence-electron chi connectivity index (χ2n) is 5.92. The first-order valence-corrected chi connectivity index (χ1v) is 10.9. The quantitative estimate of drug-likeness (QED) is 0.563. The smallest absolute Gasteiger partial charge is 0.196 e. The van der Waals surface area contributed by atoms with Crippen molar-refractivity contribution >= 4 is 40.6 Å². The highest BCUT2D eigenvalue weighted by Gasteiger charge is 2.29. The Morgan fingerprint density at radius 2 is 1.27 bits per heavy atom. The van der Waals surface area contributed by atoms with Crippen LogP contribution in [0.1, 0.15) is 11.1 Å². The molecule has 0 aliphatic carbocycles. The van der Waals surface area contributed by atoms with Crippen LogP contribution < -0.4 is 0 Å². The molecule has 1 aliphatic rings. The average Bonchev–Trinajstić information content (AvgIpc) is 2.70. The zero-order valence-electron chi connectivity index (χ0n) is 14.2. The van der Waals surface area contributed by atoms with Gasteiger partial charge in [0, 0.05) is 24.7 Å². The summed E-state index contributed by atoms with van der Waals surface area (Å²) < 4.78 is 21.2. The molecule has 1 atom stereocenters. The Balaban J connectivity index is 2.01. The van der Waals surface area contributed by atoms with E-state index in [1.807, 2.05) is 65.3 Å². The van der Waals surface area contributed by atoms with Crippen LogP contribution in [0.15, 0.2) is 72.3 Å². The number of nitrogens with zero attached hydrogens (tertiary/aromatic N) is 1. The lowest BCUT2D eigenvalue weighted by atomic mass is 10.2. The van der Waals surface area contributed by atoms with Crippen molar-refractivity contribution in [2.75, 3.05) is 26.3 Å². The fourth-order valence-electron chi connectivity index (χ4n) is 2.74. The number of rotatable bonds is 5. The van der Waals surface area contributed by atoms with E-state index in [0.29, 0.717) is 36.4 Å². The predicted octanol–water partition coefficient (Wildman–Crippen LogP) is 6.07. The molecular weight excluding hydrogens is 388 g/mol. The van der Waals surface area contributed by atoms with Crippen LogP contribution in [0.2, 0.25) is 0 Å². The van der Waals surface area contributed by atoms with Gasteiger partial charge in [0.1, 0.15) is 0 Å². The van der Waals surface area contributed by atoms with Crippen LogP contribution in [0.4, 0.5) is 0 Å². The van der Waals surface area contributed by atoms with E-state index in [-0.39, 0.29) is 0 Å².